The number of hydrogen-bond acceptors (Lipinski definition) is 3. The first-order chi connectivity index (χ1) is 9.77. The van der Waals surface area contributed by atoms with Crippen LogP contribution < -0.4 is 5.32 Å². The van der Waals surface area contributed by atoms with Crippen LogP contribution >= 0.6 is 0 Å². The largest absolute Gasteiger partial charge is 0.384 e. The fourth-order valence-electron chi connectivity index (χ4n) is 1.50. The van der Waals surface area contributed by atoms with Crippen LogP contribution in [-0.4, -0.2) is 48.7 Å². The normalized spacial score (nSPS) is 11.0. The molecule has 0 aliphatic heterocycles. The van der Waals surface area contributed by atoms with Gasteiger partial charge < -0.3 is 15.3 Å². The van der Waals surface area contributed by atoms with Crippen molar-refractivity contribution >= 4 is 5.91 Å². The molecule has 0 radical (unpaired) electrons. The predicted molar refractivity (Wildman–Crippen MR) is 80.5 cm³/mol. The van der Waals surface area contributed by atoms with Crippen molar-refractivity contribution in [3.05, 3.63) is 35.1 Å². The highest BCUT2D eigenvalue weighted by Crippen LogP contribution is 2.12. The van der Waals surface area contributed by atoms with E-state index in [4.69, 9.17) is 5.11 Å². The van der Waals surface area contributed by atoms with E-state index in [1.165, 1.54) is 18.2 Å². The highest BCUT2D eigenvalue weighted by Gasteiger charge is 2.22. The van der Waals surface area contributed by atoms with Gasteiger partial charge in [-0.15, -0.1) is 0 Å². The van der Waals surface area contributed by atoms with Crippen molar-refractivity contribution in [2.24, 2.45) is 0 Å². The first-order valence-electron chi connectivity index (χ1n) is 6.63. The molecule has 0 heterocycles. The zero-order valence-corrected chi connectivity index (χ0v) is 12.8. The van der Waals surface area contributed by atoms with Crippen LogP contribution in [0.25, 0.3) is 0 Å². The van der Waals surface area contributed by atoms with Crippen LogP contribution in [0.4, 0.5) is 4.39 Å². The van der Waals surface area contributed by atoms with E-state index in [-0.39, 0.29) is 23.6 Å². The van der Waals surface area contributed by atoms with Gasteiger partial charge in [0, 0.05) is 17.6 Å². The third-order valence-corrected chi connectivity index (χ3v) is 3.42. The Balaban J connectivity index is 2.93. The second kappa shape index (κ2) is 7.21. The van der Waals surface area contributed by atoms with Crippen LogP contribution in [0.1, 0.15) is 29.8 Å². The van der Waals surface area contributed by atoms with Crippen molar-refractivity contribution in [1.29, 1.82) is 0 Å². The topological polar surface area (TPSA) is 52.6 Å². The number of carbonyl (C=O) groups is 1. The van der Waals surface area contributed by atoms with Crippen LogP contribution in [-0.2, 0) is 0 Å². The zero-order chi connectivity index (χ0) is 16.0. The molecule has 4 nitrogen and oxygen atoms in total. The summed E-state index contributed by atoms with van der Waals surface area (Å²) in [6.07, 6.45) is 0. The standard InChI is InChI=1S/C16H21FN2O2/c1-16(2,19(3)4)11-18-15(21)14-8-7-13(17)10-12(14)6-5-9-20/h7-8,10,20H,9,11H2,1-4H3,(H,18,21). The van der Waals surface area contributed by atoms with Gasteiger partial charge in [-0.25, -0.2) is 4.39 Å². The maximum atomic E-state index is 13.3. The molecular weight excluding hydrogens is 271 g/mol. The summed E-state index contributed by atoms with van der Waals surface area (Å²) in [6, 6.07) is 3.81. The summed E-state index contributed by atoms with van der Waals surface area (Å²) in [5.74, 6) is 4.24. The molecular formula is C16H21FN2O2. The summed E-state index contributed by atoms with van der Waals surface area (Å²) >= 11 is 0. The molecule has 1 amide bonds. The summed E-state index contributed by atoms with van der Waals surface area (Å²) in [5.41, 5.74) is 0.364. The highest BCUT2D eigenvalue weighted by molar-refractivity contribution is 5.96. The fraction of sp³-hybridized carbons (Fsp3) is 0.438. The van der Waals surface area contributed by atoms with E-state index < -0.39 is 5.82 Å². The minimum absolute atomic E-state index is 0.202. The molecule has 5 heteroatoms. The quantitative estimate of drug-likeness (QED) is 0.821. The lowest BCUT2D eigenvalue weighted by Crippen LogP contribution is -2.48. The lowest BCUT2D eigenvalue weighted by molar-refractivity contribution is 0.0919. The van der Waals surface area contributed by atoms with Crippen LogP contribution in [0.2, 0.25) is 0 Å². The van der Waals surface area contributed by atoms with Gasteiger partial charge in [0.05, 0.1) is 5.56 Å². The van der Waals surface area contributed by atoms with E-state index in [0.29, 0.717) is 12.1 Å². The molecule has 1 rings (SSSR count). The van der Waals surface area contributed by atoms with E-state index in [9.17, 15) is 9.18 Å². The number of rotatable bonds is 4. The summed E-state index contributed by atoms with van der Waals surface area (Å²) in [4.78, 5) is 14.2. The van der Waals surface area contributed by atoms with Crippen LogP contribution in [0.3, 0.4) is 0 Å². The Hall–Kier alpha value is -1.90. The number of carbonyl (C=O) groups excluding carboxylic acids is 1. The monoisotopic (exact) mass is 292 g/mol. The molecule has 0 spiro atoms. The third-order valence-electron chi connectivity index (χ3n) is 3.42. The van der Waals surface area contributed by atoms with Crippen molar-refractivity contribution < 1.29 is 14.3 Å². The molecule has 0 aliphatic carbocycles. The second-order valence-corrected chi connectivity index (χ2v) is 5.54. The number of halogens is 1. The minimum atomic E-state index is -0.470. The number of hydrogen-bond donors (Lipinski definition) is 2. The molecule has 1 aromatic carbocycles. The minimum Gasteiger partial charge on any atom is -0.384 e. The molecule has 0 unspecified atom stereocenters. The Bertz CT molecular complexity index is 571. The summed E-state index contributed by atoms with van der Waals surface area (Å²) in [5, 5.41) is 11.5. The summed E-state index contributed by atoms with van der Waals surface area (Å²) < 4.78 is 13.3. The Morgan fingerprint density at radius 1 is 1.43 bits per heavy atom. The molecule has 0 bridgehead atoms. The fourth-order valence-corrected chi connectivity index (χ4v) is 1.50. The summed E-state index contributed by atoms with van der Waals surface area (Å²) in [7, 11) is 3.87. The average Bonchev–Trinajstić information content (AvgIpc) is 2.42. The van der Waals surface area contributed by atoms with Crippen molar-refractivity contribution in [2.75, 3.05) is 27.2 Å². The first-order valence-corrected chi connectivity index (χ1v) is 6.63. The number of nitrogens with one attached hydrogen (secondary N) is 1. The Labute approximate surface area is 125 Å². The van der Waals surface area contributed by atoms with Gasteiger partial charge in [0.15, 0.2) is 0 Å². The van der Waals surface area contributed by atoms with E-state index in [1.807, 2.05) is 32.8 Å². The molecule has 114 valence electrons. The molecule has 21 heavy (non-hydrogen) atoms. The van der Waals surface area contributed by atoms with Crippen molar-refractivity contribution in [1.82, 2.24) is 10.2 Å². The van der Waals surface area contributed by atoms with Gasteiger partial charge in [0.25, 0.3) is 5.91 Å². The number of nitrogens with zero attached hydrogens (tertiary/aromatic N) is 1. The molecule has 0 fully saturated rings. The van der Waals surface area contributed by atoms with Gasteiger partial charge in [-0.2, -0.15) is 0 Å². The number of aliphatic hydroxyl groups excluding tert-OH is 1. The zero-order valence-electron chi connectivity index (χ0n) is 12.8. The van der Waals surface area contributed by atoms with Gasteiger partial charge in [0.1, 0.15) is 12.4 Å². The molecule has 0 aromatic heterocycles. The SMILES string of the molecule is CN(C)C(C)(C)CNC(=O)c1ccc(F)cc1C#CCO. The first kappa shape index (κ1) is 17.2. The Kier molecular flexibility index (Phi) is 5.89. The van der Waals surface area contributed by atoms with Gasteiger partial charge in [-0.1, -0.05) is 11.8 Å². The predicted octanol–water partition coefficient (Wildman–Crippen LogP) is 1.24. The average molecular weight is 292 g/mol. The molecule has 0 atom stereocenters. The molecule has 0 saturated heterocycles. The van der Waals surface area contributed by atoms with Crippen molar-refractivity contribution in [3.63, 3.8) is 0 Å². The van der Waals surface area contributed by atoms with E-state index >= 15 is 0 Å². The van der Waals surface area contributed by atoms with Gasteiger partial charge in [-0.3, -0.25) is 4.79 Å². The Morgan fingerprint density at radius 2 is 2.10 bits per heavy atom. The number of aliphatic hydroxyl groups is 1. The maximum Gasteiger partial charge on any atom is 0.252 e. The van der Waals surface area contributed by atoms with Gasteiger partial charge in [-0.05, 0) is 46.1 Å². The van der Waals surface area contributed by atoms with Crippen LogP contribution in [0, 0.1) is 17.7 Å². The van der Waals surface area contributed by atoms with E-state index in [2.05, 4.69) is 17.2 Å². The Morgan fingerprint density at radius 3 is 2.67 bits per heavy atom. The van der Waals surface area contributed by atoms with E-state index in [1.54, 1.807) is 0 Å². The highest BCUT2D eigenvalue weighted by atomic mass is 19.1. The number of likely N-dealkylation sites (N-methyl/N-ethyl adjacent to an activating group) is 1. The molecule has 2 N–H and O–H groups in total. The van der Waals surface area contributed by atoms with Gasteiger partial charge in [0.2, 0.25) is 0 Å². The number of amides is 1. The van der Waals surface area contributed by atoms with Crippen LogP contribution in [0.5, 0.6) is 0 Å². The lowest BCUT2D eigenvalue weighted by atomic mass is 10.0. The smallest absolute Gasteiger partial charge is 0.252 e. The van der Waals surface area contributed by atoms with Gasteiger partial charge >= 0.3 is 0 Å². The number of benzene rings is 1. The summed E-state index contributed by atoms with van der Waals surface area (Å²) in [6.45, 7) is 4.11. The molecule has 0 aliphatic rings. The lowest BCUT2D eigenvalue weighted by Gasteiger charge is -2.32. The second-order valence-electron chi connectivity index (χ2n) is 5.54. The maximum absolute atomic E-state index is 13.3. The third kappa shape index (κ3) is 4.85. The van der Waals surface area contributed by atoms with Crippen molar-refractivity contribution in [3.8, 4) is 11.8 Å². The van der Waals surface area contributed by atoms with Crippen LogP contribution in [0.15, 0.2) is 18.2 Å². The molecule has 0 saturated carbocycles. The van der Waals surface area contributed by atoms with Crippen molar-refractivity contribution in [2.45, 2.75) is 19.4 Å². The van der Waals surface area contributed by atoms with E-state index in [0.717, 1.165) is 0 Å². The molecule has 1 aromatic rings.